The summed E-state index contributed by atoms with van der Waals surface area (Å²) in [5.74, 6) is 1.43. The minimum Gasteiger partial charge on any atom is -0.496 e. The topological polar surface area (TPSA) is 9.23 Å². The van der Waals surface area contributed by atoms with E-state index in [1.165, 1.54) is 44.6 Å². The minimum absolute atomic E-state index is 0.181. The Balaban J connectivity index is 1.94. The highest BCUT2D eigenvalue weighted by Crippen LogP contribution is 2.37. The average Bonchev–Trinajstić information content (AvgIpc) is 2.46. The summed E-state index contributed by atoms with van der Waals surface area (Å²) in [5.41, 5.74) is 0.929. The van der Waals surface area contributed by atoms with Crippen LogP contribution in [0.1, 0.15) is 55.3 Å². The van der Waals surface area contributed by atoms with Crippen molar-refractivity contribution in [2.75, 3.05) is 7.11 Å². The molecule has 1 nitrogen and oxygen atoms in total. The SMILES string of the molecule is COc1ccc(F)cc1C(Br)CCC1CCCCC1. The molecule has 0 amide bonds. The predicted octanol–water partition coefficient (Wildman–Crippen LogP) is 5.63. The van der Waals surface area contributed by atoms with Crippen LogP contribution in [0.15, 0.2) is 18.2 Å². The van der Waals surface area contributed by atoms with Crippen molar-refractivity contribution in [2.24, 2.45) is 5.92 Å². The first-order chi connectivity index (χ1) is 9.20. The predicted molar refractivity (Wildman–Crippen MR) is 80.4 cm³/mol. The molecule has 1 aromatic rings. The molecule has 1 aromatic carbocycles. The van der Waals surface area contributed by atoms with Crippen LogP contribution in [-0.4, -0.2) is 7.11 Å². The van der Waals surface area contributed by atoms with Gasteiger partial charge >= 0.3 is 0 Å². The number of halogens is 2. The first-order valence-corrected chi connectivity index (χ1v) is 8.09. The summed E-state index contributed by atoms with van der Waals surface area (Å²) in [4.78, 5) is 0.181. The maximum Gasteiger partial charge on any atom is 0.123 e. The van der Waals surface area contributed by atoms with Gasteiger partial charge < -0.3 is 4.74 Å². The van der Waals surface area contributed by atoms with Crippen LogP contribution >= 0.6 is 15.9 Å². The molecule has 1 saturated carbocycles. The highest BCUT2D eigenvalue weighted by molar-refractivity contribution is 9.09. The van der Waals surface area contributed by atoms with E-state index in [0.29, 0.717) is 0 Å². The first kappa shape index (κ1) is 14.8. The second kappa shape index (κ2) is 7.28. The van der Waals surface area contributed by atoms with Gasteiger partial charge in [-0.15, -0.1) is 0 Å². The van der Waals surface area contributed by atoms with Crippen LogP contribution in [0.3, 0.4) is 0 Å². The van der Waals surface area contributed by atoms with E-state index in [2.05, 4.69) is 15.9 Å². The van der Waals surface area contributed by atoms with Crippen molar-refractivity contribution < 1.29 is 9.13 Å². The number of alkyl halides is 1. The number of rotatable bonds is 5. The summed E-state index contributed by atoms with van der Waals surface area (Å²) in [6.07, 6.45) is 9.13. The van der Waals surface area contributed by atoms with Crippen LogP contribution in [0.2, 0.25) is 0 Å². The molecular weight excluding hydrogens is 307 g/mol. The Kier molecular flexibility index (Phi) is 5.68. The van der Waals surface area contributed by atoms with Gasteiger partial charge in [0.2, 0.25) is 0 Å². The van der Waals surface area contributed by atoms with Gasteiger partial charge in [-0.3, -0.25) is 0 Å². The van der Waals surface area contributed by atoms with Gasteiger partial charge in [0.15, 0.2) is 0 Å². The van der Waals surface area contributed by atoms with Gasteiger partial charge in [-0.25, -0.2) is 4.39 Å². The molecule has 0 saturated heterocycles. The molecule has 1 atom stereocenters. The lowest BCUT2D eigenvalue weighted by atomic mass is 9.85. The molecule has 0 spiro atoms. The van der Waals surface area contributed by atoms with Crippen molar-refractivity contribution in [3.63, 3.8) is 0 Å². The van der Waals surface area contributed by atoms with Crippen LogP contribution < -0.4 is 4.74 Å². The van der Waals surface area contributed by atoms with E-state index < -0.39 is 0 Å². The van der Waals surface area contributed by atoms with Gasteiger partial charge in [0, 0.05) is 10.4 Å². The average molecular weight is 329 g/mol. The molecule has 19 heavy (non-hydrogen) atoms. The third kappa shape index (κ3) is 4.20. The third-order valence-corrected chi connectivity index (χ3v) is 5.03. The number of methoxy groups -OCH3 is 1. The van der Waals surface area contributed by atoms with E-state index in [9.17, 15) is 4.39 Å². The maximum absolute atomic E-state index is 13.4. The first-order valence-electron chi connectivity index (χ1n) is 7.18. The highest BCUT2D eigenvalue weighted by atomic mass is 79.9. The third-order valence-electron chi connectivity index (χ3n) is 4.08. The zero-order chi connectivity index (χ0) is 13.7. The van der Waals surface area contributed by atoms with Crippen LogP contribution in [0.5, 0.6) is 5.75 Å². The van der Waals surface area contributed by atoms with Crippen molar-refractivity contribution in [1.29, 1.82) is 0 Å². The van der Waals surface area contributed by atoms with Crippen molar-refractivity contribution in [3.05, 3.63) is 29.6 Å². The fraction of sp³-hybridized carbons (Fsp3) is 0.625. The molecular formula is C16H22BrFO. The van der Waals surface area contributed by atoms with Crippen LogP contribution in [-0.2, 0) is 0 Å². The van der Waals surface area contributed by atoms with Crippen molar-refractivity contribution in [2.45, 2.75) is 49.8 Å². The fourth-order valence-corrected chi connectivity index (χ4v) is 3.59. The number of hydrogen-bond donors (Lipinski definition) is 0. The largest absolute Gasteiger partial charge is 0.496 e. The van der Waals surface area contributed by atoms with Crippen molar-refractivity contribution in [1.82, 2.24) is 0 Å². The summed E-state index contributed by atoms with van der Waals surface area (Å²) in [5, 5.41) is 0. The van der Waals surface area contributed by atoms with E-state index in [1.54, 1.807) is 19.2 Å². The lowest BCUT2D eigenvalue weighted by Crippen LogP contribution is -2.07. The standard InChI is InChI=1S/C16H22BrFO/c1-19-16-10-8-13(18)11-14(16)15(17)9-7-12-5-3-2-4-6-12/h8,10-12,15H,2-7,9H2,1H3. The number of hydrogen-bond acceptors (Lipinski definition) is 1. The summed E-state index contributed by atoms with van der Waals surface area (Å²) in [6, 6.07) is 4.74. The number of benzene rings is 1. The van der Waals surface area contributed by atoms with Gasteiger partial charge in [-0.05, 0) is 37.0 Å². The van der Waals surface area contributed by atoms with Gasteiger partial charge in [0.05, 0.1) is 7.11 Å². The van der Waals surface area contributed by atoms with Gasteiger partial charge in [0.1, 0.15) is 11.6 Å². The summed E-state index contributed by atoms with van der Waals surface area (Å²) >= 11 is 3.69. The normalized spacial score (nSPS) is 18.3. The molecule has 1 aliphatic rings. The van der Waals surface area contributed by atoms with Crippen LogP contribution in [0.25, 0.3) is 0 Å². The highest BCUT2D eigenvalue weighted by Gasteiger charge is 2.18. The molecule has 1 unspecified atom stereocenters. The minimum atomic E-state index is -0.196. The molecule has 1 aliphatic carbocycles. The van der Waals surface area contributed by atoms with E-state index in [-0.39, 0.29) is 10.6 Å². The Morgan fingerprint density at radius 1 is 1.32 bits per heavy atom. The monoisotopic (exact) mass is 328 g/mol. The van der Waals surface area contributed by atoms with Gasteiger partial charge in [-0.2, -0.15) is 0 Å². The Hall–Kier alpha value is -0.570. The lowest BCUT2D eigenvalue weighted by molar-refractivity contribution is 0.331. The van der Waals surface area contributed by atoms with Crippen molar-refractivity contribution >= 4 is 15.9 Å². The second-order valence-corrected chi connectivity index (χ2v) is 6.54. The molecule has 0 radical (unpaired) electrons. The Bertz CT molecular complexity index is 402. The van der Waals surface area contributed by atoms with E-state index >= 15 is 0 Å². The van der Waals surface area contributed by atoms with Gasteiger partial charge in [0.25, 0.3) is 0 Å². The second-order valence-electron chi connectivity index (χ2n) is 5.44. The Labute approximate surface area is 123 Å². The van der Waals surface area contributed by atoms with Crippen LogP contribution in [0.4, 0.5) is 4.39 Å². The molecule has 3 heteroatoms. The molecule has 0 N–H and O–H groups in total. The smallest absolute Gasteiger partial charge is 0.123 e. The van der Waals surface area contributed by atoms with E-state index in [1.807, 2.05) is 0 Å². The molecule has 0 aromatic heterocycles. The van der Waals surface area contributed by atoms with E-state index in [0.717, 1.165) is 23.7 Å². The lowest BCUT2D eigenvalue weighted by Gasteiger charge is -2.23. The maximum atomic E-state index is 13.4. The van der Waals surface area contributed by atoms with E-state index in [4.69, 9.17) is 4.74 Å². The Morgan fingerprint density at radius 2 is 2.05 bits per heavy atom. The quantitative estimate of drug-likeness (QED) is 0.636. The summed E-state index contributed by atoms with van der Waals surface area (Å²) in [7, 11) is 1.64. The molecule has 1 fully saturated rings. The molecule has 0 bridgehead atoms. The zero-order valence-corrected chi connectivity index (χ0v) is 13.1. The zero-order valence-electron chi connectivity index (χ0n) is 11.5. The Morgan fingerprint density at radius 3 is 2.74 bits per heavy atom. The number of ether oxygens (including phenoxy) is 1. The van der Waals surface area contributed by atoms with Crippen molar-refractivity contribution in [3.8, 4) is 5.75 Å². The molecule has 0 aliphatic heterocycles. The van der Waals surface area contributed by atoms with Gasteiger partial charge in [-0.1, -0.05) is 48.0 Å². The summed E-state index contributed by atoms with van der Waals surface area (Å²) < 4.78 is 18.7. The molecule has 106 valence electrons. The fourth-order valence-electron chi connectivity index (χ4n) is 2.96. The molecule has 0 heterocycles. The molecule has 2 rings (SSSR count). The summed E-state index contributed by atoms with van der Waals surface area (Å²) in [6.45, 7) is 0. The van der Waals surface area contributed by atoms with Crippen LogP contribution in [0, 0.1) is 11.7 Å².